The Balaban J connectivity index is 1.32. The highest BCUT2D eigenvalue weighted by molar-refractivity contribution is 5.76. The van der Waals surface area contributed by atoms with Crippen molar-refractivity contribution in [1.29, 1.82) is 0 Å². The molecule has 1 aromatic rings. The van der Waals surface area contributed by atoms with Gasteiger partial charge in [0, 0.05) is 38.3 Å². The summed E-state index contributed by atoms with van der Waals surface area (Å²) in [6, 6.07) is 6.70. The van der Waals surface area contributed by atoms with Crippen LogP contribution < -0.4 is 4.90 Å². The number of carbonyl (C=O) groups excluding carboxylic acids is 1. The van der Waals surface area contributed by atoms with Crippen LogP contribution in [0.1, 0.15) is 38.5 Å². The highest BCUT2D eigenvalue weighted by Crippen LogP contribution is 2.49. The van der Waals surface area contributed by atoms with Crippen LogP contribution >= 0.6 is 0 Å². The molecule has 24 heavy (non-hydrogen) atoms. The molecule has 3 aliphatic rings. The summed E-state index contributed by atoms with van der Waals surface area (Å²) in [5, 5.41) is 0. The van der Waals surface area contributed by atoms with E-state index in [1.54, 1.807) is 0 Å². The third-order valence-electron chi connectivity index (χ3n) is 6.36. The van der Waals surface area contributed by atoms with Gasteiger partial charge in [0.15, 0.2) is 0 Å². The molecule has 3 fully saturated rings. The zero-order valence-electron chi connectivity index (χ0n) is 14.3. The Kier molecular flexibility index (Phi) is 4.47. The van der Waals surface area contributed by atoms with Crippen LogP contribution in [0.2, 0.25) is 0 Å². The second-order valence-corrected chi connectivity index (χ2v) is 7.84. The van der Waals surface area contributed by atoms with Gasteiger partial charge in [0.1, 0.15) is 5.82 Å². The first kappa shape index (κ1) is 15.9. The number of hydrogen-bond donors (Lipinski definition) is 0. The van der Waals surface area contributed by atoms with Crippen molar-refractivity contribution in [3.05, 3.63) is 30.1 Å². The van der Waals surface area contributed by atoms with E-state index in [4.69, 9.17) is 0 Å². The Morgan fingerprint density at radius 1 is 1.04 bits per heavy atom. The molecule has 3 unspecified atom stereocenters. The van der Waals surface area contributed by atoms with Crippen LogP contribution in [-0.4, -0.2) is 37.0 Å². The van der Waals surface area contributed by atoms with E-state index in [-0.39, 0.29) is 5.82 Å². The molecule has 1 aliphatic heterocycles. The van der Waals surface area contributed by atoms with Gasteiger partial charge < -0.3 is 9.80 Å². The van der Waals surface area contributed by atoms with Gasteiger partial charge in [-0.1, -0.05) is 6.42 Å². The molecule has 0 N–H and O–H groups in total. The van der Waals surface area contributed by atoms with Crippen LogP contribution in [0.25, 0.3) is 0 Å². The van der Waals surface area contributed by atoms with Gasteiger partial charge in [-0.25, -0.2) is 4.39 Å². The second-order valence-electron chi connectivity index (χ2n) is 7.84. The smallest absolute Gasteiger partial charge is 0.222 e. The molecule has 130 valence electrons. The van der Waals surface area contributed by atoms with Crippen LogP contribution in [-0.2, 0) is 4.79 Å². The summed E-state index contributed by atoms with van der Waals surface area (Å²) < 4.78 is 13.1. The monoisotopic (exact) mass is 330 g/mol. The van der Waals surface area contributed by atoms with Crippen LogP contribution in [0.4, 0.5) is 10.1 Å². The molecule has 1 saturated heterocycles. The van der Waals surface area contributed by atoms with Gasteiger partial charge in [-0.2, -0.15) is 0 Å². The SMILES string of the molecule is O=C(CC1CC2CCC1C2)N1CCCN(c2ccc(F)cc2)CC1. The van der Waals surface area contributed by atoms with Crippen LogP contribution in [0.3, 0.4) is 0 Å². The minimum atomic E-state index is -0.198. The molecule has 4 heteroatoms. The number of hydrogen-bond acceptors (Lipinski definition) is 2. The van der Waals surface area contributed by atoms with Gasteiger partial charge in [-0.3, -0.25) is 4.79 Å². The molecule has 1 aromatic carbocycles. The lowest BCUT2D eigenvalue weighted by atomic mass is 9.86. The lowest BCUT2D eigenvalue weighted by molar-refractivity contribution is -0.132. The van der Waals surface area contributed by atoms with Crippen LogP contribution in [0.5, 0.6) is 0 Å². The first-order valence-electron chi connectivity index (χ1n) is 9.47. The van der Waals surface area contributed by atoms with E-state index in [1.165, 1.54) is 37.8 Å². The fourth-order valence-corrected chi connectivity index (χ4v) is 5.06. The van der Waals surface area contributed by atoms with E-state index < -0.39 is 0 Å². The Bertz CT molecular complexity index is 588. The van der Waals surface area contributed by atoms with Crippen molar-refractivity contribution >= 4 is 11.6 Å². The summed E-state index contributed by atoms with van der Waals surface area (Å²) in [7, 11) is 0. The zero-order valence-corrected chi connectivity index (χ0v) is 14.3. The average molecular weight is 330 g/mol. The van der Waals surface area contributed by atoms with Gasteiger partial charge in [0.05, 0.1) is 0 Å². The Morgan fingerprint density at radius 3 is 2.58 bits per heavy atom. The van der Waals surface area contributed by atoms with Gasteiger partial charge in [0.2, 0.25) is 5.91 Å². The van der Waals surface area contributed by atoms with Crippen molar-refractivity contribution in [3.8, 4) is 0 Å². The quantitative estimate of drug-likeness (QED) is 0.844. The van der Waals surface area contributed by atoms with Crippen molar-refractivity contribution in [2.75, 3.05) is 31.1 Å². The predicted octanol–water partition coefficient (Wildman–Crippen LogP) is 3.69. The molecular formula is C20H27FN2O. The van der Waals surface area contributed by atoms with E-state index in [9.17, 15) is 9.18 Å². The summed E-state index contributed by atoms with van der Waals surface area (Å²) in [5.74, 6) is 2.53. The average Bonchev–Trinajstić information content (AvgIpc) is 3.10. The Hall–Kier alpha value is -1.58. The zero-order chi connectivity index (χ0) is 16.5. The minimum Gasteiger partial charge on any atom is -0.370 e. The maximum atomic E-state index is 13.1. The molecule has 4 rings (SSSR count). The highest BCUT2D eigenvalue weighted by Gasteiger charge is 2.40. The van der Waals surface area contributed by atoms with E-state index >= 15 is 0 Å². The predicted molar refractivity (Wildman–Crippen MR) is 93.4 cm³/mol. The Labute approximate surface area is 143 Å². The minimum absolute atomic E-state index is 0.198. The standard InChI is InChI=1S/C20H27FN2O/c21-18-4-6-19(7-5-18)22-8-1-9-23(11-10-22)20(24)14-17-13-15-2-3-16(17)12-15/h4-7,15-17H,1-3,8-14H2. The van der Waals surface area contributed by atoms with E-state index in [0.29, 0.717) is 11.8 Å². The van der Waals surface area contributed by atoms with Crippen molar-refractivity contribution in [3.63, 3.8) is 0 Å². The molecule has 2 bridgehead atoms. The normalized spacial score (nSPS) is 29.8. The second kappa shape index (κ2) is 6.73. The third-order valence-corrected chi connectivity index (χ3v) is 6.36. The number of rotatable bonds is 3. The molecule has 2 saturated carbocycles. The number of nitrogens with zero attached hydrogens (tertiary/aromatic N) is 2. The largest absolute Gasteiger partial charge is 0.370 e. The van der Waals surface area contributed by atoms with Crippen LogP contribution in [0, 0.1) is 23.6 Å². The molecule has 0 radical (unpaired) electrons. The summed E-state index contributed by atoms with van der Waals surface area (Å²) >= 11 is 0. The summed E-state index contributed by atoms with van der Waals surface area (Å²) in [6.07, 6.45) is 7.15. The molecule has 1 heterocycles. The van der Waals surface area contributed by atoms with E-state index in [2.05, 4.69) is 9.80 Å². The topological polar surface area (TPSA) is 23.6 Å². The first-order valence-corrected chi connectivity index (χ1v) is 9.47. The molecule has 0 spiro atoms. The molecule has 3 nitrogen and oxygen atoms in total. The van der Waals surface area contributed by atoms with Crippen molar-refractivity contribution in [1.82, 2.24) is 4.90 Å². The molecule has 1 amide bonds. The summed E-state index contributed by atoms with van der Waals surface area (Å²) in [6.45, 7) is 3.42. The fourth-order valence-electron chi connectivity index (χ4n) is 5.06. The van der Waals surface area contributed by atoms with Crippen molar-refractivity contribution < 1.29 is 9.18 Å². The van der Waals surface area contributed by atoms with Crippen molar-refractivity contribution in [2.24, 2.45) is 17.8 Å². The first-order chi connectivity index (χ1) is 11.7. The number of carbonyl (C=O) groups is 1. The number of fused-ring (bicyclic) bond motifs is 2. The summed E-state index contributed by atoms with van der Waals surface area (Å²) in [4.78, 5) is 17.1. The van der Waals surface area contributed by atoms with Crippen molar-refractivity contribution in [2.45, 2.75) is 38.5 Å². The summed E-state index contributed by atoms with van der Waals surface area (Å²) in [5.41, 5.74) is 1.05. The van der Waals surface area contributed by atoms with Gasteiger partial charge in [0.25, 0.3) is 0 Å². The van der Waals surface area contributed by atoms with Crippen LogP contribution in [0.15, 0.2) is 24.3 Å². The van der Waals surface area contributed by atoms with Gasteiger partial charge in [-0.15, -0.1) is 0 Å². The van der Waals surface area contributed by atoms with Gasteiger partial charge in [-0.05, 0) is 67.7 Å². The highest BCUT2D eigenvalue weighted by atomic mass is 19.1. The molecule has 2 aliphatic carbocycles. The molecule has 3 atom stereocenters. The lowest BCUT2D eigenvalue weighted by Crippen LogP contribution is -2.36. The maximum absolute atomic E-state index is 13.1. The molecular weight excluding hydrogens is 303 g/mol. The number of amides is 1. The maximum Gasteiger partial charge on any atom is 0.222 e. The van der Waals surface area contributed by atoms with Gasteiger partial charge >= 0.3 is 0 Å². The number of halogens is 1. The lowest BCUT2D eigenvalue weighted by Gasteiger charge is -2.26. The van der Waals surface area contributed by atoms with E-state index in [1.807, 2.05) is 12.1 Å². The molecule has 0 aromatic heterocycles. The number of benzene rings is 1. The van der Waals surface area contributed by atoms with E-state index in [0.717, 1.165) is 56.5 Å². The fraction of sp³-hybridized carbons (Fsp3) is 0.650. The number of anilines is 1. The Morgan fingerprint density at radius 2 is 1.88 bits per heavy atom. The third kappa shape index (κ3) is 3.28.